The van der Waals surface area contributed by atoms with Crippen LogP contribution in [-0.2, 0) is 16.0 Å². The molecule has 18 heavy (non-hydrogen) atoms. The highest BCUT2D eigenvalue weighted by molar-refractivity contribution is 5.90. The first kappa shape index (κ1) is 12.4. The molecule has 96 valence electrons. The third-order valence-corrected chi connectivity index (χ3v) is 2.79. The molecule has 1 atom stereocenters. The number of carbonyl (C=O) groups excluding carboxylic acids is 1. The lowest BCUT2D eigenvalue weighted by atomic mass is 10.00. The van der Waals surface area contributed by atoms with E-state index in [-0.39, 0.29) is 5.97 Å². The number of rotatable bonds is 3. The van der Waals surface area contributed by atoms with E-state index in [1.165, 1.54) is 0 Å². The number of esters is 1. The van der Waals surface area contributed by atoms with Crippen LogP contribution in [0.2, 0.25) is 0 Å². The van der Waals surface area contributed by atoms with Crippen molar-refractivity contribution in [1.82, 2.24) is 0 Å². The minimum atomic E-state index is -0.963. The van der Waals surface area contributed by atoms with Crippen LogP contribution < -0.4 is 4.74 Å². The van der Waals surface area contributed by atoms with E-state index in [9.17, 15) is 9.59 Å². The molecule has 0 aromatic heterocycles. The van der Waals surface area contributed by atoms with Crippen molar-refractivity contribution in [1.29, 1.82) is 0 Å². The summed E-state index contributed by atoms with van der Waals surface area (Å²) in [5, 5.41) is 8.88. The lowest BCUT2D eigenvalue weighted by Gasteiger charge is -2.23. The van der Waals surface area contributed by atoms with Crippen molar-refractivity contribution in [2.45, 2.75) is 25.9 Å². The number of aliphatic carboxylic acids is 1. The molecule has 0 fully saturated rings. The Morgan fingerprint density at radius 1 is 1.50 bits per heavy atom. The van der Waals surface area contributed by atoms with Crippen molar-refractivity contribution in [2.24, 2.45) is 0 Å². The first-order chi connectivity index (χ1) is 8.61. The topological polar surface area (TPSA) is 72.8 Å². The Kier molecular flexibility index (Phi) is 3.50. The largest absolute Gasteiger partial charge is 0.479 e. The fourth-order valence-electron chi connectivity index (χ4n) is 1.90. The fraction of sp³-hybridized carbons (Fsp3) is 0.385. The number of ether oxygens (including phenoxy) is 2. The van der Waals surface area contributed by atoms with Crippen molar-refractivity contribution in [3.8, 4) is 5.75 Å². The molecular weight excluding hydrogens is 236 g/mol. The van der Waals surface area contributed by atoms with E-state index in [1.54, 1.807) is 25.1 Å². The molecule has 1 aromatic carbocycles. The second-order valence-corrected chi connectivity index (χ2v) is 4.03. The Bertz CT molecular complexity index is 480. The van der Waals surface area contributed by atoms with Crippen molar-refractivity contribution in [3.63, 3.8) is 0 Å². The lowest BCUT2D eigenvalue weighted by molar-refractivity contribution is -0.145. The number of benzene rings is 1. The fourth-order valence-corrected chi connectivity index (χ4v) is 1.90. The lowest BCUT2D eigenvalue weighted by Crippen LogP contribution is -2.30. The molecule has 5 heteroatoms. The van der Waals surface area contributed by atoms with Gasteiger partial charge in [0.15, 0.2) is 6.10 Å². The smallest absolute Gasteiger partial charge is 0.344 e. The van der Waals surface area contributed by atoms with Gasteiger partial charge >= 0.3 is 11.9 Å². The van der Waals surface area contributed by atoms with Gasteiger partial charge in [-0.15, -0.1) is 0 Å². The van der Waals surface area contributed by atoms with E-state index in [2.05, 4.69) is 0 Å². The van der Waals surface area contributed by atoms with Gasteiger partial charge in [0.25, 0.3) is 0 Å². The van der Waals surface area contributed by atoms with Crippen LogP contribution in [0, 0.1) is 0 Å². The Balaban J connectivity index is 2.20. The number of aryl methyl sites for hydroxylation is 1. The maximum absolute atomic E-state index is 11.5. The zero-order valence-electron chi connectivity index (χ0n) is 10.0. The van der Waals surface area contributed by atoms with Gasteiger partial charge in [-0.2, -0.15) is 0 Å². The zero-order chi connectivity index (χ0) is 13.1. The average Bonchev–Trinajstić information content (AvgIpc) is 2.37. The third-order valence-electron chi connectivity index (χ3n) is 2.79. The molecule has 2 rings (SSSR count). The zero-order valence-corrected chi connectivity index (χ0v) is 10.0. The summed E-state index contributed by atoms with van der Waals surface area (Å²) in [7, 11) is 0. The molecule has 5 nitrogen and oxygen atoms in total. The van der Waals surface area contributed by atoms with Gasteiger partial charge in [-0.3, -0.25) is 0 Å². The van der Waals surface area contributed by atoms with Crippen LogP contribution in [0.4, 0.5) is 0 Å². The Morgan fingerprint density at radius 3 is 2.94 bits per heavy atom. The number of hydrogen-bond acceptors (Lipinski definition) is 4. The molecule has 1 aromatic rings. The molecule has 1 aliphatic heterocycles. The molecule has 0 saturated carbocycles. The van der Waals surface area contributed by atoms with Crippen LogP contribution in [0.5, 0.6) is 5.75 Å². The summed E-state index contributed by atoms with van der Waals surface area (Å²) in [4.78, 5) is 22.4. The van der Waals surface area contributed by atoms with Gasteiger partial charge < -0.3 is 14.6 Å². The normalized spacial score (nSPS) is 17.5. The van der Waals surface area contributed by atoms with E-state index < -0.39 is 12.1 Å². The molecule has 1 heterocycles. The third kappa shape index (κ3) is 2.45. The SMILES string of the molecule is CCOC(=O)c1ccc2c(c1)CCC(C(=O)O)O2. The van der Waals surface area contributed by atoms with Crippen molar-refractivity contribution < 1.29 is 24.2 Å². The van der Waals surface area contributed by atoms with Crippen LogP contribution in [0.25, 0.3) is 0 Å². The minimum absolute atomic E-state index is 0.327. The quantitative estimate of drug-likeness (QED) is 0.825. The molecule has 1 aliphatic rings. The predicted molar refractivity (Wildman–Crippen MR) is 62.8 cm³/mol. The Morgan fingerprint density at radius 2 is 2.28 bits per heavy atom. The van der Waals surface area contributed by atoms with Gasteiger partial charge in [0, 0.05) is 0 Å². The monoisotopic (exact) mass is 250 g/mol. The number of fused-ring (bicyclic) bond motifs is 1. The first-order valence-corrected chi connectivity index (χ1v) is 5.81. The Labute approximate surface area is 104 Å². The highest BCUT2D eigenvalue weighted by Gasteiger charge is 2.26. The van der Waals surface area contributed by atoms with Crippen molar-refractivity contribution in [2.75, 3.05) is 6.61 Å². The van der Waals surface area contributed by atoms with E-state index in [0.29, 0.717) is 30.8 Å². The summed E-state index contributed by atoms with van der Waals surface area (Å²) in [5.41, 5.74) is 1.31. The van der Waals surface area contributed by atoms with Gasteiger partial charge in [0.1, 0.15) is 5.75 Å². The molecule has 0 bridgehead atoms. The summed E-state index contributed by atoms with van der Waals surface area (Å²) in [6.45, 7) is 2.07. The van der Waals surface area contributed by atoms with Crippen LogP contribution in [0.3, 0.4) is 0 Å². The van der Waals surface area contributed by atoms with E-state index in [0.717, 1.165) is 5.56 Å². The standard InChI is InChI=1S/C13H14O5/c1-2-17-13(16)9-4-5-10-8(7-9)3-6-11(18-10)12(14)15/h4-5,7,11H,2-3,6H2,1H3,(H,14,15). The number of carbonyl (C=O) groups is 2. The maximum atomic E-state index is 11.5. The van der Waals surface area contributed by atoms with E-state index in [1.807, 2.05) is 0 Å². The van der Waals surface area contributed by atoms with Crippen LogP contribution in [-0.4, -0.2) is 29.8 Å². The second-order valence-electron chi connectivity index (χ2n) is 4.03. The number of hydrogen-bond donors (Lipinski definition) is 1. The highest BCUT2D eigenvalue weighted by atomic mass is 16.5. The van der Waals surface area contributed by atoms with Crippen molar-refractivity contribution in [3.05, 3.63) is 29.3 Å². The number of carboxylic acid groups (broad SMARTS) is 1. The molecule has 0 aliphatic carbocycles. The summed E-state index contributed by atoms with van der Waals surface area (Å²) in [6.07, 6.45) is 0.194. The highest BCUT2D eigenvalue weighted by Crippen LogP contribution is 2.28. The predicted octanol–water partition coefficient (Wildman–Crippen LogP) is 1.64. The van der Waals surface area contributed by atoms with Crippen LogP contribution >= 0.6 is 0 Å². The molecule has 1 N–H and O–H groups in total. The molecule has 0 saturated heterocycles. The molecule has 0 spiro atoms. The Hall–Kier alpha value is -2.04. The first-order valence-electron chi connectivity index (χ1n) is 5.81. The molecule has 0 radical (unpaired) electrons. The van der Waals surface area contributed by atoms with Gasteiger partial charge in [-0.25, -0.2) is 9.59 Å². The second kappa shape index (κ2) is 5.08. The summed E-state index contributed by atoms with van der Waals surface area (Å²) < 4.78 is 10.2. The van der Waals surface area contributed by atoms with Gasteiger partial charge in [-0.1, -0.05) is 0 Å². The molecule has 1 unspecified atom stereocenters. The average molecular weight is 250 g/mol. The van der Waals surface area contributed by atoms with Crippen molar-refractivity contribution >= 4 is 11.9 Å². The van der Waals surface area contributed by atoms with Gasteiger partial charge in [0.05, 0.1) is 12.2 Å². The minimum Gasteiger partial charge on any atom is -0.479 e. The molecular formula is C13H14O5. The van der Waals surface area contributed by atoms with Crippen LogP contribution in [0.1, 0.15) is 29.3 Å². The van der Waals surface area contributed by atoms with Crippen LogP contribution in [0.15, 0.2) is 18.2 Å². The maximum Gasteiger partial charge on any atom is 0.344 e. The van der Waals surface area contributed by atoms with Gasteiger partial charge in [0.2, 0.25) is 0 Å². The summed E-state index contributed by atoms with van der Waals surface area (Å²) >= 11 is 0. The molecule has 0 amide bonds. The van der Waals surface area contributed by atoms with E-state index in [4.69, 9.17) is 14.6 Å². The van der Waals surface area contributed by atoms with E-state index >= 15 is 0 Å². The number of carboxylic acids is 1. The van der Waals surface area contributed by atoms with Gasteiger partial charge in [-0.05, 0) is 43.5 Å². The summed E-state index contributed by atoms with van der Waals surface area (Å²) in [6, 6.07) is 4.91. The summed E-state index contributed by atoms with van der Waals surface area (Å²) in [5.74, 6) is -0.808.